The molecule has 162 valence electrons. The van der Waals surface area contributed by atoms with Crippen LogP contribution in [-0.2, 0) is 0 Å². The summed E-state index contributed by atoms with van der Waals surface area (Å²) in [5, 5.41) is 42.3. The first-order valence-corrected chi connectivity index (χ1v) is 8.52. The fraction of sp³-hybridized carbons (Fsp3) is 0. The number of nitrogens with zero attached hydrogens (tertiary/aromatic N) is 4. The van der Waals surface area contributed by atoms with E-state index >= 15 is 0 Å². The maximum atomic E-state index is 11.7. The zero-order chi connectivity index (χ0) is 23.4. The number of nitrogens with one attached hydrogen (secondary N) is 1. The van der Waals surface area contributed by atoms with Crippen molar-refractivity contribution >= 4 is 29.2 Å². The number of benzene rings is 2. The Kier molecular flexibility index (Phi) is 5.86. The number of hydrogen-bond acceptors (Lipinski definition) is 10. The average molecular weight is 441 g/mol. The van der Waals surface area contributed by atoms with Crippen molar-refractivity contribution in [3.8, 4) is 17.4 Å². The Balaban J connectivity index is 1.87. The van der Waals surface area contributed by atoms with Crippen LogP contribution in [-0.4, -0.2) is 29.8 Å². The van der Waals surface area contributed by atoms with Gasteiger partial charge in [0.05, 0.1) is 20.8 Å². The number of aromatic nitrogens is 2. The molecule has 3 rings (SSSR count). The second-order valence-electron chi connectivity index (χ2n) is 6.05. The average Bonchev–Trinajstić information content (AvgIpc) is 2.71. The van der Waals surface area contributed by atoms with E-state index < -0.39 is 43.3 Å². The van der Waals surface area contributed by atoms with Gasteiger partial charge in [0.25, 0.3) is 11.6 Å². The lowest BCUT2D eigenvalue weighted by atomic mass is 10.2. The molecule has 0 fully saturated rings. The van der Waals surface area contributed by atoms with Gasteiger partial charge >= 0.3 is 16.9 Å². The zero-order valence-corrected chi connectivity index (χ0v) is 15.7. The minimum Gasteiger partial charge on any atom is -0.488 e. The van der Waals surface area contributed by atoms with Crippen LogP contribution in [0.2, 0.25) is 0 Å². The van der Waals surface area contributed by atoms with Crippen LogP contribution in [0, 0.1) is 30.3 Å². The van der Waals surface area contributed by atoms with Crippen molar-refractivity contribution in [2.75, 3.05) is 0 Å². The fourth-order valence-electron chi connectivity index (χ4n) is 2.55. The van der Waals surface area contributed by atoms with E-state index in [4.69, 9.17) is 4.74 Å². The lowest BCUT2D eigenvalue weighted by Gasteiger charge is -2.07. The summed E-state index contributed by atoms with van der Waals surface area (Å²) in [6.45, 7) is 0. The van der Waals surface area contributed by atoms with E-state index in [9.17, 15) is 40.2 Å². The van der Waals surface area contributed by atoms with Crippen molar-refractivity contribution in [1.29, 1.82) is 0 Å². The summed E-state index contributed by atoms with van der Waals surface area (Å²) in [5.41, 5.74) is -2.80. The van der Waals surface area contributed by atoms with Gasteiger partial charge in [0.1, 0.15) is 11.6 Å². The van der Waals surface area contributed by atoms with Crippen molar-refractivity contribution in [2.24, 2.45) is 0 Å². The summed E-state index contributed by atoms with van der Waals surface area (Å²) in [7, 11) is 0. The van der Waals surface area contributed by atoms with Gasteiger partial charge < -0.3 is 14.8 Å². The molecule has 0 saturated heterocycles. The van der Waals surface area contributed by atoms with Crippen molar-refractivity contribution < 1.29 is 24.6 Å². The molecule has 3 aromatic rings. The van der Waals surface area contributed by atoms with Gasteiger partial charge in [0.15, 0.2) is 0 Å². The molecule has 0 unspecified atom stereocenters. The number of non-ortho nitro benzene ring substituents is 1. The Bertz CT molecular complexity index is 1330. The Morgan fingerprint density at radius 3 is 2.34 bits per heavy atom. The first-order chi connectivity index (χ1) is 15.2. The first-order valence-electron chi connectivity index (χ1n) is 8.52. The standard InChI is InChI=1S/C18H11N5O9/c24-17-16(23(30)31)18(25)20-15(19-17)7-4-10-2-1-3-12(8-10)32-14-6-5-11(21(26)27)9-13(14)22(28)29/h1-9H,(H2,19,20,24,25)/b7-4-. The van der Waals surface area contributed by atoms with Gasteiger partial charge in [-0.3, -0.25) is 35.1 Å². The van der Waals surface area contributed by atoms with Gasteiger partial charge in [-0.05, 0) is 29.8 Å². The van der Waals surface area contributed by atoms with Crippen LogP contribution in [0.3, 0.4) is 0 Å². The fourth-order valence-corrected chi connectivity index (χ4v) is 2.55. The Morgan fingerprint density at radius 1 is 0.969 bits per heavy atom. The van der Waals surface area contributed by atoms with Crippen LogP contribution >= 0.6 is 0 Å². The van der Waals surface area contributed by atoms with E-state index in [1.807, 2.05) is 0 Å². The monoisotopic (exact) mass is 441 g/mol. The lowest BCUT2D eigenvalue weighted by molar-refractivity contribution is -0.394. The molecular weight excluding hydrogens is 430 g/mol. The number of rotatable bonds is 7. The number of H-pyrrole nitrogens is 1. The number of aromatic hydroxyl groups is 1. The highest BCUT2D eigenvalue weighted by molar-refractivity contribution is 5.68. The predicted octanol–water partition coefficient (Wildman–Crippen LogP) is 3.16. The smallest absolute Gasteiger partial charge is 0.395 e. The van der Waals surface area contributed by atoms with Gasteiger partial charge in [0, 0.05) is 6.07 Å². The second-order valence-corrected chi connectivity index (χ2v) is 6.05. The molecule has 14 nitrogen and oxygen atoms in total. The molecule has 0 spiro atoms. The number of nitro benzene ring substituents is 2. The largest absolute Gasteiger partial charge is 0.488 e. The molecule has 2 aromatic carbocycles. The molecule has 0 bridgehead atoms. The third kappa shape index (κ3) is 4.70. The van der Waals surface area contributed by atoms with E-state index in [0.717, 1.165) is 18.2 Å². The van der Waals surface area contributed by atoms with Crippen LogP contribution in [0.4, 0.5) is 17.1 Å². The summed E-state index contributed by atoms with van der Waals surface area (Å²) in [4.78, 5) is 47.5. The van der Waals surface area contributed by atoms with Crippen LogP contribution in [0.15, 0.2) is 47.3 Å². The molecule has 1 heterocycles. The van der Waals surface area contributed by atoms with Crippen LogP contribution in [0.5, 0.6) is 17.4 Å². The van der Waals surface area contributed by atoms with Crippen LogP contribution in [0.25, 0.3) is 12.2 Å². The van der Waals surface area contributed by atoms with Crippen molar-refractivity contribution in [2.45, 2.75) is 0 Å². The highest BCUT2D eigenvalue weighted by Crippen LogP contribution is 2.34. The second kappa shape index (κ2) is 8.70. The van der Waals surface area contributed by atoms with Gasteiger partial charge in [0.2, 0.25) is 5.75 Å². The summed E-state index contributed by atoms with van der Waals surface area (Å²) in [5.74, 6) is -1.25. The van der Waals surface area contributed by atoms with E-state index in [-0.39, 0.29) is 17.3 Å². The molecule has 0 radical (unpaired) electrons. The molecule has 14 heteroatoms. The molecule has 0 aliphatic rings. The molecule has 0 aliphatic carbocycles. The highest BCUT2D eigenvalue weighted by Gasteiger charge is 2.22. The normalized spacial score (nSPS) is 10.8. The highest BCUT2D eigenvalue weighted by atomic mass is 16.6. The number of aromatic amines is 1. The van der Waals surface area contributed by atoms with Gasteiger partial charge in [-0.15, -0.1) is 0 Å². The SMILES string of the molecule is O=c1[nH]c(/C=C\c2cccc(Oc3ccc([N+](=O)[O-])cc3[N+](=O)[O-])c2)nc(O)c1[N+](=O)[O-]. The molecule has 1 aromatic heterocycles. The summed E-state index contributed by atoms with van der Waals surface area (Å²) >= 11 is 0. The topological polar surface area (TPSA) is 205 Å². The quantitative estimate of drug-likeness (QED) is 0.404. The lowest BCUT2D eigenvalue weighted by Crippen LogP contribution is -2.14. The molecule has 0 saturated carbocycles. The Labute approximate surface area is 176 Å². The van der Waals surface area contributed by atoms with E-state index in [1.165, 1.54) is 24.3 Å². The summed E-state index contributed by atoms with van der Waals surface area (Å²) in [6.07, 6.45) is 2.69. The predicted molar refractivity (Wildman–Crippen MR) is 108 cm³/mol. The minimum atomic E-state index is -1.13. The molecule has 0 amide bonds. The molecule has 0 aliphatic heterocycles. The van der Waals surface area contributed by atoms with E-state index in [0.29, 0.717) is 5.56 Å². The third-order valence-electron chi connectivity index (χ3n) is 3.95. The van der Waals surface area contributed by atoms with E-state index in [2.05, 4.69) is 9.97 Å². The molecule has 0 atom stereocenters. The van der Waals surface area contributed by atoms with Gasteiger partial charge in [-0.1, -0.05) is 18.2 Å². The van der Waals surface area contributed by atoms with Crippen molar-refractivity contribution in [1.82, 2.24) is 9.97 Å². The summed E-state index contributed by atoms with van der Waals surface area (Å²) < 4.78 is 5.49. The molecule has 32 heavy (non-hydrogen) atoms. The zero-order valence-electron chi connectivity index (χ0n) is 15.7. The maximum Gasteiger partial charge on any atom is 0.395 e. The Hall–Kier alpha value is -5.14. The molecule has 2 N–H and O–H groups in total. The van der Waals surface area contributed by atoms with Crippen LogP contribution < -0.4 is 10.3 Å². The number of ether oxygens (including phenoxy) is 1. The van der Waals surface area contributed by atoms with Crippen LogP contribution in [0.1, 0.15) is 11.4 Å². The minimum absolute atomic E-state index is 0.157. The van der Waals surface area contributed by atoms with Gasteiger partial charge in [-0.2, -0.15) is 4.98 Å². The maximum absolute atomic E-state index is 11.7. The van der Waals surface area contributed by atoms with Gasteiger partial charge in [-0.25, -0.2) is 0 Å². The number of nitro groups is 3. The number of hydrogen-bond donors (Lipinski definition) is 2. The summed E-state index contributed by atoms with van der Waals surface area (Å²) in [6, 6.07) is 9.06. The molecular formula is C18H11N5O9. The van der Waals surface area contributed by atoms with Crippen molar-refractivity contribution in [3.63, 3.8) is 0 Å². The van der Waals surface area contributed by atoms with E-state index in [1.54, 1.807) is 12.1 Å². The third-order valence-corrected chi connectivity index (χ3v) is 3.95. The first kappa shape index (κ1) is 21.6. The van der Waals surface area contributed by atoms with Crippen molar-refractivity contribution in [3.05, 3.63) is 94.5 Å². The Morgan fingerprint density at radius 2 is 1.72 bits per heavy atom.